The van der Waals surface area contributed by atoms with Crippen LogP contribution in [0.1, 0.15) is 16.7 Å². The van der Waals surface area contributed by atoms with Crippen molar-refractivity contribution in [1.82, 2.24) is 4.90 Å². The fourth-order valence-corrected chi connectivity index (χ4v) is 3.54. The summed E-state index contributed by atoms with van der Waals surface area (Å²) in [6, 6.07) is 10.6. The predicted octanol–water partition coefficient (Wildman–Crippen LogP) is 3.72. The number of nitrogens with zero attached hydrogens (tertiary/aromatic N) is 1. The third kappa shape index (κ3) is 2.92. The van der Waals surface area contributed by atoms with Crippen molar-refractivity contribution in [1.29, 1.82) is 0 Å². The van der Waals surface area contributed by atoms with Gasteiger partial charge in [0.15, 0.2) is 0 Å². The number of halogens is 1. The van der Waals surface area contributed by atoms with Crippen molar-refractivity contribution in [3.05, 3.63) is 86.3 Å². The fraction of sp³-hybridized carbons (Fsp3) is 0.143. The van der Waals surface area contributed by atoms with Gasteiger partial charge in [-0.25, -0.2) is 0 Å². The molecule has 0 saturated carbocycles. The molecule has 0 bridgehead atoms. The number of benzene rings is 1. The molecule has 1 heterocycles. The molecule has 1 aromatic carbocycles. The molecule has 0 N–H and O–H groups in total. The van der Waals surface area contributed by atoms with Crippen LogP contribution >= 0.6 is 15.9 Å². The summed E-state index contributed by atoms with van der Waals surface area (Å²) in [5.41, 5.74) is 6.97. The summed E-state index contributed by atoms with van der Waals surface area (Å²) in [5.74, 6) is 0. The van der Waals surface area contributed by atoms with Crippen LogP contribution in [0, 0.1) is 0 Å². The Morgan fingerprint density at radius 3 is 2.75 bits per heavy atom. The minimum Gasteiger partial charge on any atom is -0.456 e. The zero-order valence-corrected chi connectivity index (χ0v) is 15.1. The van der Waals surface area contributed by atoms with Crippen LogP contribution < -0.4 is 10.8 Å². The topological polar surface area (TPSA) is 16.4 Å². The van der Waals surface area contributed by atoms with Crippen molar-refractivity contribution in [3.63, 3.8) is 0 Å². The second kappa shape index (κ2) is 6.33. The minimum atomic E-state index is 0.888. The van der Waals surface area contributed by atoms with E-state index in [1.807, 2.05) is 18.2 Å². The lowest BCUT2D eigenvalue weighted by Crippen LogP contribution is -2.23. The van der Waals surface area contributed by atoms with Crippen molar-refractivity contribution >= 4 is 34.2 Å². The zero-order valence-electron chi connectivity index (χ0n) is 13.5. The molecule has 120 valence electrons. The van der Waals surface area contributed by atoms with Gasteiger partial charge in [0.25, 0.3) is 0 Å². The van der Waals surface area contributed by atoms with Crippen molar-refractivity contribution in [3.8, 4) is 0 Å². The molecule has 0 radical (unpaired) electrons. The van der Waals surface area contributed by atoms with E-state index in [2.05, 4.69) is 76.4 Å². The number of allylic oxidation sites excluding steroid dienone is 5. The molecule has 4 rings (SSSR count). The smallest absolute Gasteiger partial charge is 0.135 e. The number of furan rings is 1. The van der Waals surface area contributed by atoms with Gasteiger partial charge in [0.05, 0.1) is 0 Å². The van der Waals surface area contributed by atoms with Gasteiger partial charge in [-0.1, -0.05) is 52.3 Å². The maximum atomic E-state index is 6.01. The summed E-state index contributed by atoms with van der Waals surface area (Å²) < 4.78 is 7.08. The fourth-order valence-electron chi connectivity index (χ4n) is 3.16. The van der Waals surface area contributed by atoms with E-state index in [1.165, 1.54) is 22.4 Å². The van der Waals surface area contributed by atoms with E-state index in [1.54, 1.807) is 0 Å². The molecule has 2 nitrogen and oxygen atoms in total. The Balaban J connectivity index is 1.64. The molecular weight excluding hydrogens is 362 g/mol. The summed E-state index contributed by atoms with van der Waals surface area (Å²) in [6.45, 7) is 0.906. The Bertz CT molecular complexity index is 977. The quantitative estimate of drug-likeness (QED) is 0.807. The first-order valence-corrected chi connectivity index (χ1v) is 8.83. The molecule has 0 fully saturated rings. The van der Waals surface area contributed by atoms with Crippen LogP contribution in [0.25, 0.3) is 18.2 Å². The number of hydrogen-bond acceptors (Lipinski definition) is 2. The molecule has 0 saturated heterocycles. The van der Waals surface area contributed by atoms with Crippen LogP contribution in [-0.2, 0) is 13.0 Å². The van der Waals surface area contributed by atoms with Gasteiger partial charge in [0.2, 0.25) is 0 Å². The largest absolute Gasteiger partial charge is 0.456 e. The molecular formula is C21H18BrNO. The SMILES string of the molecule is CN(Cc1ccccc1)C1=CC=c2oc3c(c2C1)C=C(Br)C=CC=3. The van der Waals surface area contributed by atoms with E-state index in [-0.39, 0.29) is 0 Å². The molecule has 0 unspecified atom stereocenters. The molecule has 0 amide bonds. The molecule has 2 aliphatic rings. The Kier molecular flexibility index (Phi) is 4.03. The number of rotatable bonds is 3. The first kappa shape index (κ1) is 15.3. The lowest BCUT2D eigenvalue weighted by Gasteiger charge is -2.24. The van der Waals surface area contributed by atoms with E-state index in [9.17, 15) is 0 Å². The molecule has 0 aliphatic heterocycles. The van der Waals surface area contributed by atoms with E-state index < -0.39 is 0 Å². The van der Waals surface area contributed by atoms with Crippen molar-refractivity contribution in [2.75, 3.05) is 7.05 Å². The predicted molar refractivity (Wildman–Crippen MR) is 103 cm³/mol. The standard InChI is InChI=1S/C21H18BrNO/c1-23(14-15-6-3-2-4-7-15)17-10-11-21-19(13-17)18-12-16(22)8-5-9-20(18)24-21/h2-12H,13-14H2,1H3. The molecule has 0 atom stereocenters. The average Bonchev–Trinajstić information content (AvgIpc) is 2.81. The molecule has 1 aromatic heterocycles. The van der Waals surface area contributed by atoms with Gasteiger partial charge in [-0.05, 0) is 35.9 Å². The van der Waals surface area contributed by atoms with Crippen LogP contribution in [0.15, 0.2) is 63.2 Å². The van der Waals surface area contributed by atoms with E-state index in [4.69, 9.17) is 4.42 Å². The normalized spacial score (nSPS) is 15.2. The highest BCUT2D eigenvalue weighted by atomic mass is 79.9. The highest BCUT2D eigenvalue weighted by Crippen LogP contribution is 2.21. The van der Waals surface area contributed by atoms with Crippen LogP contribution in [0.5, 0.6) is 0 Å². The van der Waals surface area contributed by atoms with E-state index in [0.29, 0.717) is 0 Å². The Morgan fingerprint density at radius 1 is 1.08 bits per heavy atom. The Morgan fingerprint density at radius 2 is 1.92 bits per heavy atom. The summed E-state index contributed by atoms with van der Waals surface area (Å²) in [6.07, 6.45) is 13.4. The molecule has 0 spiro atoms. The van der Waals surface area contributed by atoms with Gasteiger partial charge in [-0.2, -0.15) is 0 Å². The number of fused-ring (bicyclic) bond motifs is 3. The molecule has 2 aromatic rings. The second-order valence-electron chi connectivity index (χ2n) is 6.12. The van der Waals surface area contributed by atoms with Gasteiger partial charge < -0.3 is 9.32 Å². The summed E-state index contributed by atoms with van der Waals surface area (Å²) in [4.78, 5) is 2.31. The van der Waals surface area contributed by atoms with Crippen molar-refractivity contribution in [2.24, 2.45) is 0 Å². The monoisotopic (exact) mass is 379 g/mol. The van der Waals surface area contributed by atoms with Crippen LogP contribution in [0.3, 0.4) is 0 Å². The Labute approximate surface area is 149 Å². The van der Waals surface area contributed by atoms with Gasteiger partial charge in [-0.3, -0.25) is 0 Å². The maximum Gasteiger partial charge on any atom is 0.135 e. The van der Waals surface area contributed by atoms with Crippen molar-refractivity contribution in [2.45, 2.75) is 13.0 Å². The number of hydrogen-bond donors (Lipinski definition) is 0. The van der Waals surface area contributed by atoms with Gasteiger partial charge in [0, 0.05) is 41.3 Å². The molecule has 2 aliphatic carbocycles. The zero-order chi connectivity index (χ0) is 16.5. The van der Waals surface area contributed by atoms with Crippen LogP contribution in [0.2, 0.25) is 0 Å². The maximum absolute atomic E-state index is 6.01. The Hall–Kier alpha value is -2.26. The van der Waals surface area contributed by atoms with Crippen LogP contribution in [-0.4, -0.2) is 11.9 Å². The summed E-state index contributed by atoms with van der Waals surface area (Å²) >= 11 is 3.59. The first-order chi connectivity index (χ1) is 11.7. The third-order valence-electron chi connectivity index (χ3n) is 4.43. The molecule has 3 heteroatoms. The van der Waals surface area contributed by atoms with Gasteiger partial charge in [0.1, 0.15) is 10.8 Å². The lowest BCUT2D eigenvalue weighted by molar-refractivity contribution is 0.399. The number of likely N-dealkylation sites (N-methyl/N-ethyl adjacent to an activating group) is 1. The van der Waals surface area contributed by atoms with Gasteiger partial charge in [-0.15, -0.1) is 0 Å². The minimum absolute atomic E-state index is 0.888. The second-order valence-corrected chi connectivity index (χ2v) is 7.04. The highest BCUT2D eigenvalue weighted by Gasteiger charge is 2.17. The average molecular weight is 380 g/mol. The first-order valence-electron chi connectivity index (χ1n) is 8.04. The van der Waals surface area contributed by atoms with Gasteiger partial charge >= 0.3 is 0 Å². The van der Waals surface area contributed by atoms with E-state index >= 15 is 0 Å². The van der Waals surface area contributed by atoms with Crippen LogP contribution in [0.4, 0.5) is 0 Å². The summed E-state index contributed by atoms with van der Waals surface area (Å²) in [7, 11) is 2.15. The molecule has 24 heavy (non-hydrogen) atoms. The summed E-state index contributed by atoms with van der Waals surface area (Å²) in [5, 5.41) is 0. The third-order valence-corrected chi connectivity index (χ3v) is 4.92. The highest BCUT2D eigenvalue weighted by molar-refractivity contribution is 9.12. The van der Waals surface area contributed by atoms with Crippen molar-refractivity contribution < 1.29 is 4.42 Å². The lowest BCUT2D eigenvalue weighted by atomic mass is 10.0. The van der Waals surface area contributed by atoms with E-state index in [0.717, 1.165) is 28.3 Å².